The molecule has 0 aliphatic carbocycles. The maximum Gasteiger partial charge on any atom is 0.258 e. The Morgan fingerprint density at radius 2 is 1.77 bits per heavy atom. The number of aliphatic hydroxyl groups is 1. The number of anilines is 1. The van der Waals surface area contributed by atoms with Crippen molar-refractivity contribution in [2.24, 2.45) is 5.92 Å². The molecular formula is C37H49N3O7S. The van der Waals surface area contributed by atoms with Gasteiger partial charge in [-0.3, -0.25) is 9.59 Å². The van der Waals surface area contributed by atoms with Gasteiger partial charge >= 0.3 is 0 Å². The van der Waals surface area contributed by atoms with E-state index in [0.717, 1.165) is 24.0 Å². The largest absolute Gasteiger partial charge is 0.490 e. The van der Waals surface area contributed by atoms with E-state index in [1.807, 2.05) is 51.1 Å². The molecule has 1 heterocycles. The van der Waals surface area contributed by atoms with Crippen molar-refractivity contribution in [1.29, 1.82) is 0 Å². The molecule has 0 aromatic heterocycles. The Bertz CT molecular complexity index is 1620. The van der Waals surface area contributed by atoms with Gasteiger partial charge in [0.2, 0.25) is 15.9 Å². The van der Waals surface area contributed by atoms with Gasteiger partial charge in [0.25, 0.3) is 5.91 Å². The van der Waals surface area contributed by atoms with Crippen LogP contribution >= 0.6 is 0 Å². The van der Waals surface area contributed by atoms with Crippen LogP contribution in [0.4, 0.5) is 5.69 Å². The summed E-state index contributed by atoms with van der Waals surface area (Å²) >= 11 is 0. The van der Waals surface area contributed by atoms with Crippen molar-refractivity contribution in [3.8, 4) is 5.75 Å². The van der Waals surface area contributed by atoms with Crippen LogP contribution in [-0.2, 0) is 26.0 Å². The molecule has 10 nitrogen and oxygen atoms in total. The molecule has 3 aromatic rings. The summed E-state index contributed by atoms with van der Waals surface area (Å²) in [5.74, 6) is -0.507. The zero-order chi connectivity index (χ0) is 34.8. The summed E-state index contributed by atoms with van der Waals surface area (Å²) in [6.07, 6.45) is 1.72. The molecule has 2 amide bonds. The number of hydrogen-bond acceptors (Lipinski definition) is 7. The molecule has 2 N–H and O–H groups in total. The second-order valence-corrected chi connectivity index (χ2v) is 14.9. The summed E-state index contributed by atoms with van der Waals surface area (Å²) in [7, 11) is -2.24. The van der Waals surface area contributed by atoms with Gasteiger partial charge in [-0.2, -0.15) is 4.31 Å². The zero-order valence-corrected chi connectivity index (χ0v) is 29.4. The van der Waals surface area contributed by atoms with E-state index in [9.17, 15) is 23.1 Å². The minimum atomic E-state index is -3.79. The van der Waals surface area contributed by atoms with Gasteiger partial charge in [0.1, 0.15) is 5.75 Å². The Labute approximate surface area is 285 Å². The predicted molar refractivity (Wildman–Crippen MR) is 187 cm³/mol. The number of aryl methyl sites for hydroxylation is 1. The molecule has 11 heteroatoms. The molecule has 1 aliphatic rings. The molecule has 0 saturated carbocycles. The molecule has 3 aromatic carbocycles. The molecule has 4 rings (SSSR count). The first-order valence-corrected chi connectivity index (χ1v) is 18.0. The number of rotatable bonds is 9. The maximum atomic E-state index is 14.4. The lowest BCUT2D eigenvalue weighted by atomic mass is 10.0. The first-order chi connectivity index (χ1) is 22.9. The molecule has 1 aliphatic heterocycles. The number of aliphatic hydroxyl groups excluding tert-OH is 1. The fraction of sp³-hybridized carbons (Fsp3) is 0.459. The summed E-state index contributed by atoms with van der Waals surface area (Å²) < 4.78 is 40.9. The predicted octanol–water partition coefficient (Wildman–Crippen LogP) is 5.29. The first-order valence-electron chi connectivity index (χ1n) is 16.6. The van der Waals surface area contributed by atoms with Gasteiger partial charge in [0.15, 0.2) is 0 Å². The summed E-state index contributed by atoms with van der Waals surface area (Å²) in [5, 5.41) is 13.1. The summed E-state index contributed by atoms with van der Waals surface area (Å²) in [6, 6.07) is 20.6. The van der Waals surface area contributed by atoms with Crippen molar-refractivity contribution >= 4 is 27.5 Å². The summed E-state index contributed by atoms with van der Waals surface area (Å²) in [6.45, 7) is 7.93. The Kier molecular flexibility index (Phi) is 13.2. The van der Waals surface area contributed by atoms with Crippen LogP contribution in [-0.4, -0.2) is 86.1 Å². The van der Waals surface area contributed by atoms with Crippen molar-refractivity contribution in [3.05, 3.63) is 89.5 Å². The topological polar surface area (TPSA) is 125 Å². The highest BCUT2D eigenvalue weighted by molar-refractivity contribution is 7.89. The maximum absolute atomic E-state index is 14.4. The quantitative estimate of drug-likeness (QED) is 0.315. The molecule has 4 atom stereocenters. The number of hydrogen-bond donors (Lipinski definition) is 2. The lowest BCUT2D eigenvalue weighted by Crippen LogP contribution is -2.48. The lowest BCUT2D eigenvalue weighted by molar-refractivity contribution is -0.115. The number of ether oxygens (including phenoxy) is 2. The Morgan fingerprint density at radius 3 is 2.46 bits per heavy atom. The number of sulfonamides is 1. The van der Waals surface area contributed by atoms with Crippen LogP contribution in [0.2, 0.25) is 0 Å². The van der Waals surface area contributed by atoms with Crippen LogP contribution in [0.5, 0.6) is 5.75 Å². The number of amides is 2. The van der Waals surface area contributed by atoms with Crippen LogP contribution in [0.3, 0.4) is 0 Å². The van der Waals surface area contributed by atoms with Gasteiger partial charge in [-0.25, -0.2) is 8.42 Å². The SMILES string of the molecule is Cc1ccc(S(=O)(=O)N(C)C[C@@H]2OCCCC[C@H](C)Oc3ccc(NC(=O)Cc4ccccc4)cc3C(=O)N([C@H](C)CO)C[C@H]2C)cc1. The average molecular weight is 680 g/mol. The minimum Gasteiger partial charge on any atom is -0.490 e. The van der Waals surface area contributed by atoms with Gasteiger partial charge in [0, 0.05) is 38.3 Å². The van der Waals surface area contributed by atoms with Gasteiger partial charge in [0.05, 0.1) is 41.7 Å². The average Bonchev–Trinajstić information content (AvgIpc) is 3.06. The third-order valence-corrected chi connectivity index (χ3v) is 10.5. The zero-order valence-electron chi connectivity index (χ0n) is 28.6. The highest BCUT2D eigenvalue weighted by atomic mass is 32.2. The van der Waals surface area contributed by atoms with E-state index in [-0.39, 0.29) is 60.4 Å². The lowest BCUT2D eigenvalue weighted by Gasteiger charge is -2.35. The Balaban J connectivity index is 1.62. The standard InChI is InChI=1S/C37H49N3O7S/c1-26-14-17-32(18-15-26)48(44,45)39(5)24-35-27(2)23-40(28(3)25-41)37(43)33-22-31(38-36(42)21-30-12-7-6-8-13-30)16-19-34(33)47-29(4)11-9-10-20-46-35/h6-8,12-19,22,27-29,35,41H,9-11,20-21,23-25H2,1-5H3,(H,38,42)/t27-,28-,29+,35+/m1/s1. The molecule has 0 saturated heterocycles. The number of likely N-dealkylation sites (N-methyl/N-ethyl adjacent to an activating group) is 1. The molecule has 0 bridgehead atoms. The third-order valence-electron chi connectivity index (χ3n) is 8.71. The van der Waals surface area contributed by atoms with E-state index in [4.69, 9.17) is 9.47 Å². The van der Waals surface area contributed by atoms with E-state index in [1.54, 1.807) is 61.3 Å². The van der Waals surface area contributed by atoms with Crippen LogP contribution in [0.15, 0.2) is 77.7 Å². The van der Waals surface area contributed by atoms with Crippen LogP contribution in [0.25, 0.3) is 0 Å². The number of benzene rings is 3. The number of nitrogens with zero attached hydrogens (tertiary/aromatic N) is 2. The smallest absolute Gasteiger partial charge is 0.258 e. The molecule has 0 fully saturated rings. The third kappa shape index (κ3) is 9.88. The van der Waals surface area contributed by atoms with Gasteiger partial charge in [-0.1, -0.05) is 55.0 Å². The molecule has 0 unspecified atom stereocenters. The van der Waals surface area contributed by atoms with Crippen LogP contribution in [0, 0.1) is 12.8 Å². The first kappa shape index (κ1) is 37.1. The van der Waals surface area contributed by atoms with E-state index < -0.39 is 22.2 Å². The van der Waals surface area contributed by atoms with Gasteiger partial charge in [-0.15, -0.1) is 0 Å². The highest BCUT2D eigenvalue weighted by Crippen LogP contribution is 2.29. The molecule has 0 radical (unpaired) electrons. The van der Waals surface area contributed by atoms with Crippen molar-refractivity contribution < 1.29 is 32.6 Å². The van der Waals surface area contributed by atoms with Crippen molar-refractivity contribution in [3.63, 3.8) is 0 Å². The number of fused-ring (bicyclic) bond motifs is 1. The number of carbonyl (C=O) groups excluding carboxylic acids is 2. The second-order valence-electron chi connectivity index (χ2n) is 12.8. The van der Waals surface area contributed by atoms with Gasteiger partial charge in [-0.05, 0) is 75.9 Å². The van der Waals surface area contributed by atoms with Gasteiger partial charge < -0.3 is 24.8 Å². The fourth-order valence-electron chi connectivity index (χ4n) is 5.69. The molecule has 260 valence electrons. The Morgan fingerprint density at radius 1 is 1.06 bits per heavy atom. The summed E-state index contributed by atoms with van der Waals surface area (Å²) in [5.41, 5.74) is 2.55. The minimum absolute atomic E-state index is 0.0839. The normalized spacial score (nSPS) is 20.4. The van der Waals surface area contributed by atoms with Crippen molar-refractivity contribution in [2.45, 2.75) is 76.5 Å². The molecule has 0 spiro atoms. The fourth-order valence-corrected chi connectivity index (χ4v) is 6.87. The number of carbonyl (C=O) groups is 2. The van der Waals surface area contributed by atoms with E-state index in [2.05, 4.69) is 5.32 Å². The second kappa shape index (κ2) is 17.1. The highest BCUT2D eigenvalue weighted by Gasteiger charge is 2.32. The van der Waals surface area contributed by atoms with E-state index in [0.29, 0.717) is 24.5 Å². The Hall–Kier alpha value is -3.77. The van der Waals surface area contributed by atoms with E-state index in [1.165, 1.54) is 4.31 Å². The number of nitrogens with one attached hydrogen (secondary N) is 1. The van der Waals surface area contributed by atoms with E-state index >= 15 is 0 Å². The van der Waals surface area contributed by atoms with Crippen LogP contribution < -0.4 is 10.1 Å². The summed E-state index contributed by atoms with van der Waals surface area (Å²) in [4.78, 5) is 29.0. The van der Waals surface area contributed by atoms with Crippen molar-refractivity contribution in [2.75, 3.05) is 38.7 Å². The molecular weight excluding hydrogens is 630 g/mol. The van der Waals surface area contributed by atoms with Crippen LogP contribution in [0.1, 0.15) is 61.5 Å². The monoisotopic (exact) mass is 679 g/mol. The molecule has 48 heavy (non-hydrogen) atoms. The van der Waals surface area contributed by atoms with Crippen molar-refractivity contribution in [1.82, 2.24) is 9.21 Å².